The predicted octanol–water partition coefficient (Wildman–Crippen LogP) is 3.89. The van der Waals surface area contributed by atoms with E-state index >= 15 is 0 Å². The maximum absolute atomic E-state index is 12.6. The number of H-pyrrole nitrogens is 1. The van der Waals surface area contributed by atoms with Gasteiger partial charge in [0, 0.05) is 36.7 Å². The molecule has 0 saturated carbocycles. The van der Waals surface area contributed by atoms with Gasteiger partial charge >= 0.3 is 6.09 Å². The minimum absolute atomic E-state index is 0.287. The summed E-state index contributed by atoms with van der Waals surface area (Å²) < 4.78 is 5.59. The summed E-state index contributed by atoms with van der Waals surface area (Å²) in [6, 6.07) is 11.7. The van der Waals surface area contributed by atoms with Gasteiger partial charge in [-0.15, -0.1) is 10.2 Å². The number of carbonyl (C=O) groups excluding carboxylic acids is 1. The van der Waals surface area contributed by atoms with Gasteiger partial charge in [0.1, 0.15) is 5.75 Å². The van der Waals surface area contributed by atoms with E-state index in [1.165, 1.54) is 5.56 Å². The molecule has 3 heterocycles. The molecule has 1 saturated heterocycles. The molecule has 0 aliphatic carbocycles. The number of rotatable bonds is 6. The second-order valence-electron chi connectivity index (χ2n) is 7.86. The van der Waals surface area contributed by atoms with Crippen LogP contribution in [0.15, 0.2) is 47.8 Å². The van der Waals surface area contributed by atoms with Gasteiger partial charge in [0.15, 0.2) is 0 Å². The van der Waals surface area contributed by atoms with E-state index in [-0.39, 0.29) is 6.09 Å². The van der Waals surface area contributed by atoms with Crippen molar-refractivity contribution in [1.82, 2.24) is 30.5 Å². The molecule has 1 N–H and O–H groups in total. The summed E-state index contributed by atoms with van der Waals surface area (Å²) in [7, 11) is 0. The van der Waals surface area contributed by atoms with E-state index in [1.807, 2.05) is 36.5 Å². The molecule has 2 aromatic heterocycles. The topological polar surface area (TPSA) is 96.9 Å². The van der Waals surface area contributed by atoms with Crippen LogP contribution in [0, 0.1) is 12.8 Å². The highest BCUT2D eigenvalue weighted by atomic mass is 32.2. The summed E-state index contributed by atoms with van der Waals surface area (Å²) in [6.45, 7) is 5.62. The smallest absolute Gasteiger partial charge is 0.410 e. The molecule has 1 amide bonds. The van der Waals surface area contributed by atoms with Crippen molar-refractivity contribution in [3.63, 3.8) is 0 Å². The number of hydrogen-bond acceptors (Lipinski definition) is 7. The number of likely N-dealkylation sites (tertiary alicyclic amines) is 1. The molecule has 1 aromatic carbocycles. The molecule has 0 radical (unpaired) electrons. The Morgan fingerprint density at radius 3 is 2.71 bits per heavy atom. The predicted molar refractivity (Wildman–Crippen MR) is 118 cm³/mol. The second kappa shape index (κ2) is 9.91. The van der Waals surface area contributed by atoms with Crippen LogP contribution in [0.5, 0.6) is 5.75 Å². The third-order valence-corrected chi connectivity index (χ3v) is 6.71. The molecular formula is C22H26N6O2S. The first-order valence-corrected chi connectivity index (χ1v) is 11.3. The first-order valence-electron chi connectivity index (χ1n) is 10.4. The van der Waals surface area contributed by atoms with Gasteiger partial charge in [-0.1, -0.05) is 30.8 Å². The zero-order valence-corrected chi connectivity index (χ0v) is 18.5. The SMILES string of the molecule is Cc1ccnc(Cc2ccc(OC(=O)N3CCC(C(C)Sc4nn[nH]n4)CC3)cc2)c1. The maximum Gasteiger partial charge on any atom is 0.415 e. The lowest BCUT2D eigenvalue weighted by Crippen LogP contribution is -2.41. The van der Waals surface area contributed by atoms with Crippen LogP contribution in [-0.2, 0) is 6.42 Å². The van der Waals surface area contributed by atoms with Gasteiger partial charge in [-0.3, -0.25) is 4.98 Å². The number of pyridine rings is 1. The molecule has 0 spiro atoms. The average Bonchev–Trinajstić information content (AvgIpc) is 3.28. The largest absolute Gasteiger partial charge is 0.415 e. The van der Waals surface area contributed by atoms with Gasteiger partial charge < -0.3 is 9.64 Å². The summed E-state index contributed by atoms with van der Waals surface area (Å²) in [6.07, 6.45) is 4.16. The van der Waals surface area contributed by atoms with Crippen molar-refractivity contribution in [2.45, 2.75) is 43.5 Å². The molecule has 1 unspecified atom stereocenters. The molecular weight excluding hydrogens is 412 g/mol. The number of aromatic nitrogens is 5. The van der Waals surface area contributed by atoms with Gasteiger partial charge in [0.05, 0.1) is 0 Å². The van der Waals surface area contributed by atoms with Crippen molar-refractivity contribution >= 4 is 17.9 Å². The lowest BCUT2D eigenvalue weighted by Gasteiger charge is -2.33. The van der Waals surface area contributed by atoms with E-state index in [0.29, 0.717) is 35.2 Å². The normalized spacial score (nSPS) is 15.6. The average molecular weight is 439 g/mol. The van der Waals surface area contributed by atoms with Crippen LogP contribution in [0.3, 0.4) is 0 Å². The highest BCUT2D eigenvalue weighted by Gasteiger charge is 2.28. The molecule has 31 heavy (non-hydrogen) atoms. The van der Waals surface area contributed by atoms with Crippen LogP contribution in [-0.4, -0.2) is 54.9 Å². The summed E-state index contributed by atoms with van der Waals surface area (Å²) >= 11 is 1.62. The molecule has 9 heteroatoms. The monoisotopic (exact) mass is 438 g/mol. The minimum Gasteiger partial charge on any atom is -0.410 e. The van der Waals surface area contributed by atoms with Crippen molar-refractivity contribution < 1.29 is 9.53 Å². The fraction of sp³-hybridized carbons (Fsp3) is 0.409. The fourth-order valence-electron chi connectivity index (χ4n) is 3.76. The third-order valence-electron chi connectivity index (χ3n) is 5.56. The Hall–Kier alpha value is -2.94. The highest BCUT2D eigenvalue weighted by Crippen LogP contribution is 2.31. The number of aryl methyl sites for hydroxylation is 1. The Kier molecular flexibility index (Phi) is 6.81. The van der Waals surface area contributed by atoms with E-state index in [1.54, 1.807) is 16.7 Å². The zero-order chi connectivity index (χ0) is 21.6. The van der Waals surface area contributed by atoms with Gasteiger partial charge in [-0.05, 0) is 66.3 Å². The van der Waals surface area contributed by atoms with E-state index in [2.05, 4.69) is 45.5 Å². The summed E-state index contributed by atoms with van der Waals surface area (Å²) in [4.78, 5) is 18.8. The maximum atomic E-state index is 12.6. The summed E-state index contributed by atoms with van der Waals surface area (Å²) in [5.41, 5.74) is 3.35. The Morgan fingerprint density at radius 2 is 2.03 bits per heavy atom. The number of ether oxygens (including phenoxy) is 1. The van der Waals surface area contributed by atoms with E-state index < -0.39 is 0 Å². The molecule has 1 aliphatic rings. The van der Waals surface area contributed by atoms with Gasteiger partial charge in [0.25, 0.3) is 0 Å². The number of amides is 1. The van der Waals surface area contributed by atoms with Crippen LogP contribution in [0.2, 0.25) is 0 Å². The Bertz CT molecular complexity index is 988. The Labute approximate surface area is 185 Å². The number of carbonyl (C=O) groups is 1. The molecule has 162 valence electrons. The fourth-order valence-corrected chi connectivity index (χ4v) is 4.74. The molecule has 1 aliphatic heterocycles. The standard InChI is InChI=1S/C22H26N6O2S/c1-15-7-10-23-19(13-15)14-17-3-5-20(6-4-17)30-22(29)28-11-8-18(9-12-28)16(2)31-21-24-26-27-25-21/h3-7,10,13,16,18H,8-9,11-12,14H2,1-2H3,(H,24,25,26,27). The number of piperidine rings is 1. The summed E-state index contributed by atoms with van der Waals surface area (Å²) in [5, 5.41) is 15.1. The number of nitrogens with one attached hydrogen (secondary N) is 1. The first kappa shape index (κ1) is 21.3. The number of aromatic amines is 1. The van der Waals surface area contributed by atoms with Crippen LogP contribution in [0.1, 0.15) is 36.6 Å². The van der Waals surface area contributed by atoms with Crippen molar-refractivity contribution in [2.75, 3.05) is 13.1 Å². The molecule has 1 atom stereocenters. The number of tetrazole rings is 1. The van der Waals surface area contributed by atoms with Crippen molar-refractivity contribution in [1.29, 1.82) is 0 Å². The van der Waals surface area contributed by atoms with Crippen LogP contribution < -0.4 is 4.74 Å². The number of hydrogen-bond donors (Lipinski definition) is 1. The van der Waals surface area contributed by atoms with Crippen LogP contribution in [0.4, 0.5) is 4.79 Å². The third kappa shape index (κ3) is 5.81. The summed E-state index contributed by atoms with van der Waals surface area (Å²) in [5.74, 6) is 1.07. The van der Waals surface area contributed by atoms with Crippen molar-refractivity contribution in [3.8, 4) is 5.75 Å². The van der Waals surface area contributed by atoms with E-state index in [9.17, 15) is 4.79 Å². The van der Waals surface area contributed by atoms with Gasteiger partial charge in [-0.25, -0.2) is 4.79 Å². The Morgan fingerprint density at radius 1 is 1.26 bits per heavy atom. The second-order valence-corrected chi connectivity index (χ2v) is 9.20. The lowest BCUT2D eigenvalue weighted by atomic mass is 9.94. The van der Waals surface area contributed by atoms with Crippen molar-refractivity contribution in [2.24, 2.45) is 5.92 Å². The minimum atomic E-state index is -0.287. The van der Waals surface area contributed by atoms with Crippen molar-refractivity contribution in [3.05, 3.63) is 59.4 Å². The molecule has 1 fully saturated rings. The zero-order valence-electron chi connectivity index (χ0n) is 17.7. The number of benzene rings is 1. The lowest BCUT2D eigenvalue weighted by molar-refractivity contribution is 0.131. The first-order chi connectivity index (χ1) is 15.1. The quantitative estimate of drug-likeness (QED) is 0.583. The van der Waals surface area contributed by atoms with Crippen LogP contribution in [0.25, 0.3) is 0 Å². The molecule has 3 aromatic rings. The molecule has 8 nitrogen and oxygen atoms in total. The van der Waals surface area contributed by atoms with Gasteiger partial charge in [0.2, 0.25) is 5.16 Å². The van der Waals surface area contributed by atoms with E-state index in [0.717, 1.165) is 30.5 Å². The molecule has 4 rings (SSSR count). The van der Waals surface area contributed by atoms with Gasteiger partial charge in [-0.2, -0.15) is 5.21 Å². The Balaban J connectivity index is 1.25. The van der Waals surface area contributed by atoms with Crippen LogP contribution >= 0.6 is 11.8 Å². The number of nitrogens with zero attached hydrogens (tertiary/aromatic N) is 5. The number of thioether (sulfide) groups is 1. The van der Waals surface area contributed by atoms with E-state index in [4.69, 9.17) is 4.74 Å². The highest BCUT2D eigenvalue weighted by molar-refractivity contribution is 7.99. The molecule has 0 bridgehead atoms.